The van der Waals surface area contributed by atoms with Gasteiger partial charge in [0, 0.05) is 46.4 Å². The first-order valence-corrected chi connectivity index (χ1v) is 11.7. The van der Waals surface area contributed by atoms with Gasteiger partial charge in [-0.2, -0.15) is 16.4 Å². The van der Waals surface area contributed by atoms with Crippen molar-refractivity contribution in [1.82, 2.24) is 20.0 Å². The van der Waals surface area contributed by atoms with Crippen LogP contribution >= 0.6 is 22.9 Å². The lowest BCUT2D eigenvalue weighted by atomic mass is 10.0. The third-order valence-corrected chi connectivity index (χ3v) is 6.74. The van der Waals surface area contributed by atoms with Crippen molar-refractivity contribution in [2.24, 2.45) is 0 Å². The minimum absolute atomic E-state index is 0.0353. The minimum Gasteiger partial charge on any atom is -0.349 e. The lowest BCUT2D eigenvalue weighted by molar-refractivity contribution is -0.131. The Morgan fingerprint density at radius 2 is 1.87 bits per heavy atom. The average Bonchev–Trinajstić information content (AvgIpc) is 3.39. The van der Waals surface area contributed by atoms with Gasteiger partial charge in [0.1, 0.15) is 0 Å². The fraction of sp³-hybridized carbons (Fsp3) is 0.348. The van der Waals surface area contributed by atoms with Crippen molar-refractivity contribution in [3.05, 3.63) is 68.6 Å². The first-order chi connectivity index (χ1) is 14.9. The molecule has 0 spiro atoms. The summed E-state index contributed by atoms with van der Waals surface area (Å²) in [5.41, 5.74) is 4.41. The van der Waals surface area contributed by atoms with Crippen LogP contribution in [0.25, 0.3) is 5.69 Å². The number of amides is 2. The van der Waals surface area contributed by atoms with Crippen LogP contribution in [0.3, 0.4) is 0 Å². The molecular weight excluding hydrogens is 432 g/mol. The van der Waals surface area contributed by atoms with Gasteiger partial charge in [0.15, 0.2) is 0 Å². The third-order valence-electron chi connectivity index (χ3n) is 5.81. The number of piperidine rings is 1. The number of carbonyl (C=O) groups is 2. The Morgan fingerprint density at radius 1 is 1.16 bits per heavy atom. The number of carbonyl (C=O) groups excluding carboxylic acids is 2. The Labute approximate surface area is 190 Å². The van der Waals surface area contributed by atoms with E-state index in [1.807, 2.05) is 64.5 Å². The zero-order valence-corrected chi connectivity index (χ0v) is 19.2. The summed E-state index contributed by atoms with van der Waals surface area (Å²) in [6, 6.07) is 9.44. The van der Waals surface area contributed by atoms with Gasteiger partial charge in [0.25, 0.3) is 5.91 Å². The average molecular weight is 457 g/mol. The maximum absolute atomic E-state index is 13.0. The first kappa shape index (κ1) is 21.6. The number of likely N-dealkylation sites (tertiary alicyclic amines) is 1. The molecular formula is C23H25ClN4O2S. The standard InChI is InChI=1S/C23H25ClN4O2S/c1-15-21(16(2)28(26-15)20-5-3-18(24)4-6-20)13-22(29)27-10-7-19(8-11-27)25-23(30)17-9-12-31-14-17/h3-6,9,12,14,19H,7-8,10-11,13H2,1-2H3,(H,25,30). The van der Waals surface area contributed by atoms with Gasteiger partial charge in [-0.25, -0.2) is 4.68 Å². The van der Waals surface area contributed by atoms with Crippen molar-refractivity contribution >= 4 is 34.8 Å². The van der Waals surface area contributed by atoms with Gasteiger partial charge < -0.3 is 10.2 Å². The van der Waals surface area contributed by atoms with Crippen molar-refractivity contribution in [2.45, 2.75) is 39.2 Å². The second-order valence-electron chi connectivity index (χ2n) is 7.85. The van der Waals surface area contributed by atoms with E-state index in [0.29, 0.717) is 30.1 Å². The van der Waals surface area contributed by atoms with Crippen LogP contribution in [0.5, 0.6) is 0 Å². The molecule has 6 nitrogen and oxygen atoms in total. The van der Waals surface area contributed by atoms with Crippen molar-refractivity contribution < 1.29 is 9.59 Å². The number of benzene rings is 1. The fourth-order valence-corrected chi connectivity index (χ4v) is 4.73. The van der Waals surface area contributed by atoms with Gasteiger partial charge in [-0.1, -0.05) is 11.6 Å². The molecule has 8 heteroatoms. The largest absolute Gasteiger partial charge is 0.349 e. The van der Waals surface area contributed by atoms with Gasteiger partial charge in [0.05, 0.1) is 17.8 Å². The van der Waals surface area contributed by atoms with Crippen molar-refractivity contribution in [3.63, 3.8) is 0 Å². The number of halogens is 1. The molecule has 0 bridgehead atoms. The molecule has 3 heterocycles. The highest BCUT2D eigenvalue weighted by molar-refractivity contribution is 7.08. The van der Waals surface area contributed by atoms with Crippen molar-refractivity contribution in [1.29, 1.82) is 0 Å². The van der Waals surface area contributed by atoms with Crippen LogP contribution in [-0.4, -0.2) is 45.6 Å². The molecule has 0 saturated carbocycles. The molecule has 1 N–H and O–H groups in total. The number of aromatic nitrogens is 2. The Morgan fingerprint density at radius 3 is 2.52 bits per heavy atom. The topological polar surface area (TPSA) is 67.2 Å². The van der Waals surface area contributed by atoms with Crippen LogP contribution in [0.1, 0.15) is 40.2 Å². The fourth-order valence-electron chi connectivity index (χ4n) is 3.96. The molecule has 1 fully saturated rings. The highest BCUT2D eigenvalue weighted by Gasteiger charge is 2.26. The van der Waals surface area contributed by atoms with Crippen LogP contribution in [-0.2, 0) is 11.2 Å². The van der Waals surface area contributed by atoms with E-state index in [4.69, 9.17) is 11.6 Å². The zero-order valence-electron chi connectivity index (χ0n) is 17.6. The number of hydrogen-bond donors (Lipinski definition) is 1. The monoisotopic (exact) mass is 456 g/mol. The lowest BCUT2D eigenvalue weighted by Crippen LogP contribution is -2.47. The number of rotatable bonds is 5. The molecule has 1 aromatic carbocycles. The number of nitrogens with zero attached hydrogens (tertiary/aromatic N) is 3. The quantitative estimate of drug-likeness (QED) is 0.626. The number of hydrogen-bond acceptors (Lipinski definition) is 4. The predicted molar refractivity (Wildman–Crippen MR) is 123 cm³/mol. The predicted octanol–water partition coefficient (Wildman–Crippen LogP) is 4.17. The Hall–Kier alpha value is -2.64. The van der Waals surface area contributed by atoms with Gasteiger partial charge in [-0.15, -0.1) is 0 Å². The van der Waals surface area contributed by atoms with Crippen LogP contribution < -0.4 is 5.32 Å². The molecule has 2 aromatic heterocycles. The lowest BCUT2D eigenvalue weighted by Gasteiger charge is -2.32. The molecule has 31 heavy (non-hydrogen) atoms. The number of thiophene rings is 1. The van der Waals surface area contributed by atoms with E-state index >= 15 is 0 Å². The molecule has 1 aliphatic heterocycles. The summed E-state index contributed by atoms with van der Waals surface area (Å²) in [5, 5.41) is 12.1. The minimum atomic E-state index is -0.0353. The molecule has 1 aliphatic rings. The van der Waals surface area contributed by atoms with Crippen molar-refractivity contribution in [3.8, 4) is 5.69 Å². The summed E-state index contributed by atoms with van der Waals surface area (Å²) in [4.78, 5) is 27.1. The summed E-state index contributed by atoms with van der Waals surface area (Å²) < 4.78 is 1.86. The van der Waals surface area contributed by atoms with Crippen LogP contribution in [0.15, 0.2) is 41.1 Å². The highest BCUT2D eigenvalue weighted by Crippen LogP contribution is 2.21. The summed E-state index contributed by atoms with van der Waals surface area (Å²) in [6.45, 7) is 5.23. The van der Waals surface area contributed by atoms with Gasteiger partial charge >= 0.3 is 0 Å². The molecule has 0 radical (unpaired) electrons. The molecule has 0 aliphatic carbocycles. The molecule has 2 amide bonds. The first-order valence-electron chi connectivity index (χ1n) is 10.3. The van der Waals surface area contributed by atoms with Gasteiger partial charge in [-0.3, -0.25) is 9.59 Å². The van der Waals surface area contributed by atoms with Gasteiger partial charge in [-0.05, 0) is 62.4 Å². The Kier molecular flexibility index (Phi) is 6.43. The maximum Gasteiger partial charge on any atom is 0.252 e. The Balaban J connectivity index is 1.36. The van der Waals surface area contributed by atoms with Crippen LogP contribution in [0.4, 0.5) is 0 Å². The van der Waals surface area contributed by atoms with E-state index in [9.17, 15) is 9.59 Å². The highest BCUT2D eigenvalue weighted by atomic mass is 35.5. The SMILES string of the molecule is Cc1nn(-c2ccc(Cl)cc2)c(C)c1CC(=O)N1CCC(NC(=O)c2ccsc2)CC1. The van der Waals surface area contributed by atoms with E-state index in [-0.39, 0.29) is 17.9 Å². The van der Waals surface area contributed by atoms with E-state index in [1.165, 1.54) is 11.3 Å². The van der Waals surface area contributed by atoms with Gasteiger partial charge in [0.2, 0.25) is 5.91 Å². The number of aryl methyl sites for hydroxylation is 1. The molecule has 162 valence electrons. The van der Waals surface area contributed by atoms with Crippen molar-refractivity contribution in [2.75, 3.05) is 13.1 Å². The smallest absolute Gasteiger partial charge is 0.252 e. The Bertz CT molecular complexity index is 1070. The van der Waals surface area contributed by atoms with Crippen LogP contribution in [0, 0.1) is 13.8 Å². The summed E-state index contributed by atoms with van der Waals surface area (Å²) >= 11 is 7.50. The zero-order chi connectivity index (χ0) is 22.0. The molecule has 4 rings (SSSR count). The van der Waals surface area contributed by atoms with E-state index in [2.05, 4.69) is 10.4 Å². The summed E-state index contributed by atoms with van der Waals surface area (Å²) in [6.07, 6.45) is 1.87. The second-order valence-corrected chi connectivity index (χ2v) is 9.07. The molecule has 1 saturated heterocycles. The molecule has 3 aromatic rings. The van der Waals surface area contributed by atoms with Crippen LogP contribution in [0.2, 0.25) is 5.02 Å². The molecule has 0 unspecified atom stereocenters. The third kappa shape index (κ3) is 4.83. The normalized spacial score (nSPS) is 14.6. The van der Waals surface area contributed by atoms with E-state index in [1.54, 1.807) is 0 Å². The summed E-state index contributed by atoms with van der Waals surface area (Å²) in [5.74, 6) is 0.0661. The maximum atomic E-state index is 13.0. The second kappa shape index (κ2) is 9.24. The summed E-state index contributed by atoms with van der Waals surface area (Å²) in [7, 11) is 0. The van der Waals surface area contributed by atoms with E-state index in [0.717, 1.165) is 35.5 Å². The molecule has 0 atom stereocenters. The number of nitrogens with one attached hydrogen (secondary N) is 1. The van der Waals surface area contributed by atoms with E-state index < -0.39 is 0 Å².